The Bertz CT molecular complexity index is 954. The summed E-state index contributed by atoms with van der Waals surface area (Å²) >= 11 is 0. The Kier molecular flexibility index (Phi) is 7.30. The van der Waals surface area contributed by atoms with Crippen molar-refractivity contribution in [2.24, 2.45) is 5.73 Å². The van der Waals surface area contributed by atoms with Gasteiger partial charge in [0, 0.05) is 11.1 Å². The van der Waals surface area contributed by atoms with E-state index >= 15 is 0 Å². The van der Waals surface area contributed by atoms with Gasteiger partial charge in [0.15, 0.2) is 17.3 Å². The minimum atomic E-state index is -1.09. The van der Waals surface area contributed by atoms with Crippen LogP contribution in [0.5, 0.6) is 11.5 Å². The molecule has 0 saturated carbocycles. The van der Waals surface area contributed by atoms with Gasteiger partial charge in [-0.3, -0.25) is 4.79 Å². The fourth-order valence-corrected chi connectivity index (χ4v) is 2.50. The number of aromatic carboxylic acids is 1. The van der Waals surface area contributed by atoms with E-state index in [4.69, 9.17) is 21.1 Å². The average Bonchev–Trinajstić information content (AvgIpc) is 2.71. The molecule has 28 heavy (non-hydrogen) atoms. The molecule has 6 nitrogen and oxygen atoms in total. The van der Waals surface area contributed by atoms with E-state index in [9.17, 15) is 9.59 Å². The third-order valence-corrected chi connectivity index (χ3v) is 3.91. The van der Waals surface area contributed by atoms with E-state index < -0.39 is 5.97 Å². The zero-order valence-corrected chi connectivity index (χ0v) is 15.1. The summed E-state index contributed by atoms with van der Waals surface area (Å²) in [5.41, 5.74) is 6.97. The Morgan fingerprint density at radius 1 is 0.786 bits per heavy atom. The van der Waals surface area contributed by atoms with E-state index in [2.05, 4.69) is 0 Å². The van der Waals surface area contributed by atoms with Gasteiger partial charge in [0.05, 0.1) is 5.56 Å². The number of carboxylic acids is 1. The molecule has 0 saturated heterocycles. The minimum Gasteiger partial charge on any atom is -0.504 e. The number of carboxylic acid groups (broad SMARTS) is 1. The van der Waals surface area contributed by atoms with Crippen LogP contribution in [0.2, 0.25) is 0 Å². The van der Waals surface area contributed by atoms with Crippen molar-refractivity contribution in [3.8, 4) is 11.5 Å². The molecular weight excluding hydrogens is 358 g/mol. The standard InChI is InChI=1S/C14H10O3.C8H11NO2/c15-13(10-6-2-1-3-7-10)11-8-4-5-9-12(11)14(16)17;9-4-3-6-1-2-7(10)8(11)5-6/h1-9H,(H,16,17);1-2,5,10-11H,3-4,9H2. The van der Waals surface area contributed by atoms with Crippen LogP contribution in [0.1, 0.15) is 31.8 Å². The number of carbonyl (C=O) groups excluding carboxylic acids is 1. The van der Waals surface area contributed by atoms with Crippen molar-refractivity contribution in [3.63, 3.8) is 0 Å². The van der Waals surface area contributed by atoms with Gasteiger partial charge in [-0.25, -0.2) is 4.79 Å². The summed E-state index contributed by atoms with van der Waals surface area (Å²) in [6.45, 7) is 0.546. The van der Waals surface area contributed by atoms with E-state index in [0.29, 0.717) is 18.5 Å². The SMILES string of the molecule is NCCc1ccc(O)c(O)c1.O=C(O)c1ccccc1C(=O)c1ccccc1. The van der Waals surface area contributed by atoms with Gasteiger partial charge in [-0.15, -0.1) is 0 Å². The summed E-state index contributed by atoms with van der Waals surface area (Å²) in [7, 11) is 0. The second kappa shape index (κ2) is 9.89. The lowest BCUT2D eigenvalue weighted by Gasteiger charge is -2.04. The Balaban J connectivity index is 0.000000221. The van der Waals surface area contributed by atoms with Crippen LogP contribution in [0.4, 0.5) is 0 Å². The van der Waals surface area contributed by atoms with Gasteiger partial charge in [0.25, 0.3) is 0 Å². The van der Waals surface area contributed by atoms with Crippen LogP contribution in [0, 0.1) is 0 Å². The smallest absolute Gasteiger partial charge is 0.336 e. The van der Waals surface area contributed by atoms with Crippen LogP contribution >= 0.6 is 0 Å². The number of nitrogens with two attached hydrogens (primary N) is 1. The lowest BCUT2D eigenvalue weighted by molar-refractivity contribution is 0.0692. The van der Waals surface area contributed by atoms with Gasteiger partial charge in [-0.2, -0.15) is 0 Å². The third-order valence-electron chi connectivity index (χ3n) is 3.91. The van der Waals surface area contributed by atoms with Crippen molar-refractivity contribution in [2.45, 2.75) is 6.42 Å². The number of rotatable bonds is 5. The molecule has 0 aliphatic carbocycles. The molecule has 0 heterocycles. The van der Waals surface area contributed by atoms with Crippen LogP contribution in [0.15, 0.2) is 72.8 Å². The van der Waals surface area contributed by atoms with Crippen LogP contribution in [0.25, 0.3) is 0 Å². The molecule has 5 N–H and O–H groups in total. The lowest BCUT2D eigenvalue weighted by atomic mass is 9.98. The second-order valence-electron chi connectivity index (χ2n) is 5.91. The second-order valence-corrected chi connectivity index (χ2v) is 5.91. The van der Waals surface area contributed by atoms with Gasteiger partial charge in [0.2, 0.25) is 0 Å². The van der Waals surface area contributed by atoms with E-state index in [-0.39, 0.29) is 28.4 Å². The first kappa shape index (κ1) is 20.7. The maximum absolute atomic E-state index is 12.1. The molecule has 6 heteroatoms. The molecule has 0 unspecified atom stereocenters. The fraction of sp³-hybridized carbons (Fsp3) is 0.0909. The number of phenols is 2. The molecule has 0 aromatic heterocycles. The summed E-state index contributed by atoms with van der Waals surface area (Å²) in [5, 5.41) is 27.0. The highest BCUT2D eigenvalue weighted by molar-refractivity contribution is 6.14. The molecule has 3 aromatic carbocycles. The number of hydrogen-bond acceptors (Lipinski definition) is 5. The largest absolute Gasteiger partial charge is 0.504 e. The predicted octanol–water partition coefficient (Wildman–Crippen LogP) is 3.21. The van der Waals surface area contributed by atoms with Crippen LogP contribution < -0.4 is 5.73 Å². The van der Waals surface area contributed by atoms with Crippen LogP contribution in [-0.2, 0) is 6.42 Å². The zero-order valence-electron chi connectivity index (χ0n) is 15.1. The normalized spacial score (nSPS) is 9.89. The first-order chi connectivity index (χ1) is 13.4. The van der Waals surface area contributed by atoms with Gasteiger partial charge < -0.3 is 21.1 Å². The third kappa shape index (κ3) is 5.43. The zero-order chi connectivity index (χ0) is 20.5. The quantitative estimate of drug-likeness (QED) is 0.399. The number of carbonyl (C=O) groups is 2. The number of phenolic OH excluding ortho intramolecular Hbond substituents is 2. The van der Waals surface area contributed by atoms with Gasteiger partial charge in [0.1, 0.15) is 0 Å². The summed E-state index contributed by atoms with van der Waals surface area (Å²) in [6, 6.07) is 19.6. The van der Waals surface area contributed by atoms with Crippen molar-refractivity contribution in [1.82, 2.24) is 0 Å². The Labute approximate surface area is 162 Å². The maximum Gasteiger partial charge on any atom is 0.336 e. The van der Waals surface area contributed by atoms with Crippen molar-refractivity contribution in [3.05, 3.63) is 95.1 Å². The lowest BCUT2D eigenvalue weighted by Crippen LogP contribution is -2.09. The van der Waals surface area contributed by atoms with Gasteiger partial charge >= 0.3 is 5.97 Å². The summed E-state index contributed by atoms with van der Waals surface area (Å²) in [5.74, 6) is -1.55. The van der Waals surface area contributed by atoms with Crippen molar-refractivity contribution >= 4 is 11.8 Å². The predicted molar refractivity (Wildman–Crippen MR) is 106 cm³/mol. The average molecular weight is 379 g/mol. The molecule has 0 radical (unpaired) electrons. The number of benzene rings is 3. The topological polar surface area (TPSA) is 121 Å². The molecule has 0 atom stereocenters. The number of aromatic hydroxyl groups is 2. The molecule has 0 amide bonds. The van der Waals surface area contributed by atoms with E-state index in [0.717, 1.165) is 5.56 Å². The van der Waals surface area contributed by atoms with Crippen molar-refractivity contribution < 1.29 is 24.9 Å². The highest BCUT2D eigenvalue weighted by Gasteiger charge is 2.16. The molecular formula is C22H21NO5. The molecule has 0 fully saturated rings. The van der Waals surface area contributed by atoms with Crippen molar-refractivity contribution in [1.29, 1.82) is 0 Å². The molecule has 0 aliphatic rings. The first-order valence-corrected chi connectivity index (χ1v) is 8.57. The Morgan fingerprint density at radius 2 is 1.39 bits per heavy atom. The van der Waals surface area contributed by atoms with Crippen LogP contribution in [0.3, 0.4) is 0 Å². The number of hydrogen-bond donors (Lipinski definition) is 4. The minimum absolute atomic E-state index is 0.0290. The van der Waals surface area contributed by atoms with E-state index in [1.807, 2.05) is 0 Å². The molecule has 144 valence electrons. The molecule has 3 rings (SSSR count). The van der Waals surface area contributed by atoms with Crippen LogP contribution in [-0.4, -0.2) is 33.6 Å². The van der Waals surface area contributed by atoms with Gasteiger partial charge in [-0.1, -0.05) is 54.6 Å². The Morgan fingerprint density at radius 3 is 1.96 bits per heavy atom. The summed E-state index contributed by atoms with van der Waals surface area (Å²) < 4.78 is 0. The highest BCUT2D eigenvalue weighted by Crippen LogP contribution is 2.24. The molecule has 0 spiro atoms. The summed E-state index contributed by atoms with van der Waals surface area (Å²) in [4.78, 5) is 23.1. The Hall–Kier alpha value is -3.64. The number of ketones is 1. The first-order valence-electron chi connectivity index (χ1n) is 8.57. The highest BCUT2D eigenvalue weighted by atomic mass is 16.4. The van der Waals surface area contributed by atoms with Crippen molar-refractivity contribution in [2.75, 3.05) is 6.54 Å². The maximum atomic E-state index is 12.1. The molecule has 3 aromatic rings. The van der Waals surface area contributed by atoms with E-state index in [1.54, 1.807) is 48.5 Å². The molecule has 0 bridgehead atoms. The summed E-state index contributed by atoms with van der Waals surface area (Å²) in [6.07, 6.45) is 0.716. The fourth-order valence-electron chi connectivity index (χ4n) is 2.50. The van der Waals surface area contributed by atoms with E-state index in [1.165, 1.54) is 24.3 Å². The van der Waals surface area contributed by atoms with Gasteiger partial charge in [-0.05, 0) is 36.7 Å². The molecule has 0 aliphatic heterocycles. The monoisotopic (exact) mass is 379 g/mol.